The monoisotopic (exact) mass is 515 g/mol. The average Bonchev–Trinajstić information content (AvgIpc) is 2.94. The predicted octanol–water partition coefficient (Wildman–Crippen LogP) is 5.32. The molecule has 5 rings (SSSR count). The quantitative estimate of drug-likeness (QED) is 0.338. The summed E-state index contributed by atoms with van der Waals surface area (Å²) in [5.74, 6) is -1.08. The van der Waals surface area contributed by atoms with E-state index in [4.69, 9.17) is 14.2 Å². The van der Waals surface area contributed by atoms with Crippen LogP contribution >= 0.6 is 0 Å². The molecule has 0 saturated heterocycles. The van der Waals surface area contributed by atoms with Gasteiger partial charge in [-0.05, 0) is 54.7 Å². The molecule has 0 spiro atoms. The summed E-state index contributed by atoms with van der Waals surface area (Å²) in [6, 6.07) is 16.6. The first-order valence-electron chi connectivity index (χ1n) is 12.1. The standard InChI is InChI=1S/C29H26FN3O5/c1-36-26-15-20-23(16-27(26)37-2)31-13-12-24(20)38-25-11-10-18(14-21(25)30)32-28(34)29(35)33-22-9-5-7-17-6-3-4-8-19(17)22/h3-4,6,8,10-16,22H,5,7,9H2,1-2H3,(H,32,34)(H,33,35). The van der Waals surface area contributed by atoms with E-state index in [9.17, 15) is 14.0 Å². The molecule has 0 aliphatic heterocycles. The zero-order valence-corrected chi connectivity index (χ0v) is 20.9. The molecule has 0 bridgehead atoms. The number of benzene rings is 3. The van der Waals surface area contributed by atoms with Gasteiger partial charge >= 0.3 is 11.8 Å². The first kappa shape index (κ1) is 25.0. The summed E-state index contributed by atoms with van der Waals surface area (Å²) in [5, 5.41) is 5.85. The number of aryl methyl sites for hydroxylation is 1. The fraction of sp³-hybridized carbons (Fsp3) is 0.207. The second kappa shape index (κ2) is 10.8. The molecular weight excluding hydrogens is 489 g/mol. The zero-order valence-electron chi connectivity index (χ0n) is 20.9. The number of hydrogen-bond acceptors (Lipinski definition) is 6. The van der Waals surface area contributed by atoms with Gasteiger partial charge in [0.15, 0.2) is 23.1 Å². The van der Waals surface area contributed by atoms with E-state index in [1.165, 1.54) is 31.9 Å². The summed E-state index contributed by atoms with van der Waals surface area (Å²) in [6.07, 6.45) is 4.15. The molecule has 1 aromatic heterocycles. The Hall–Kier alpha value is -4.66. The molecule has 0 fully saturated rings. The van der Waals surface area contributed by atoms with Crippen LogP contribution in [0, 0.1) is 5.82 Å². The normalized spacial score (nSPS) is 14.3. The van der Waals surface area contributed by atoms with Crippen molar-refractivity contribution in [2.75, 3.05) is 19.5 Å². The Kier molecular flexibility index (Phi) is 7.08. The Labute approximate surface area is 218 Å². The van der Waals surface area contributed by atoms with Gasteiger partial charge < -0.3 is 24.8 Å². The lowest BCUT2D eigenvalue weighted by Gasteiger charge is -2.26. The van der Waals surface area contributed by atoms with Gasteiger partial charge in [-0.1, -0.05) is 24.3 Å². The highest BCUT2D eigenvalue weighted by atomic mass is 19.1. The molecule has 194 valence electrons. The van der Waals surface area contributed by atoms with Gasteiger partial charge in [-0.15, -0.1) is 0 Å². The van der Waals surface area contributed by atoms with E-state index in [1.54, 1.807) is 24.4 Å². The van der Waals surface area contributed by atoms with Crippen LogP contribution in [0.15, 0.2) is 66.9 Å². The number of fused-ring (bicyclic) bond motifs is 2. The van der Waals surface area contributed by atoms with Crippen LogP contribution in [0.2, 0.25) is 0 Å². The topological polar surface area (TPSA) is 98.8 Å². The predicted molar refractivity (Wildman–Crippen MR) is 140 cm³/mol. The van der Waals surface area contributed by atoms with Crippen molar-refractivity contribution in [3.8, 4) is 23.0 Å². The van der Waals surface area contributed by atoms with Crippen LogP contribution in [0.5, 0.6) is 23.0 Å². The summed E-state index contributed by atoms with van der Waals surface area (Å²) in [6.45, 7) is 0. The number of carbonyl (C=O) groups excluding carboxylic acids is 2. The van der Waals surface area contributed by atoms with Gasteiger partial charge in [0, 0.05) is 29.4 Å². The molecule has 38 heavy (non-hydrogen) atoms. The molecule has 1 heterocycles. The molecule has 9 heteroatoms. The number of amides is 2. The number of pyridine rings is 1. The number of carbonyl (C=O) groups is 2. The summed E-state index contributed by atoms with van der Waals surface area (Å²) >= 11 is 0. The van der Waals surface area contributed by atoms with Crippen LogP contribution in [0.3, 0.4) is 0 Å². The van der Waals surface area contributed by atoms with Gasteiger partial charge in [-0.2, -0.15) is 0 Å². The van der Waals surface area contributed by atoms with E-state index in [-0.39, 0.29) is 17.5 Å². The highest BCUT2D eigenvalue weighted by Gasteiger charge is 2.24. The largest absolute Gasteiger partial charge is 0.493 e. The first-order chi connectivity index (χ1) is 18.5. The molecule has 2 amide bonds. The first-order valence-corrected chi connectivity index (χ1v) is 12.1. The van der Waals surface area contributed by atoms with Gasteiger partial charge in [-0.3, -0.25) is 14.6 Å². The minimum absolute atomic E-state index is 0.0615. The summed E-state index contributed by atoms with van der Waals surface area (Å²) in [5.41, 5.74) is 2.90. The van der Waals surface area contributed by atoms with Crippen molar-refractivity contribution in [2.24, 2.45) is 0 Å². The van der Waals surface area contributed by atoms with Crippen LogP contribution in [0.25, 0.3) is 10.9 Å². The SMILES string of the molecule is COc1cc2nccc(Oc3ccc(NC(=O)C(=O)NC4CCCc5ccccc54)cc3F)c2cc1OC. The lowest BCUT2D eigenvalue weighted by atomic mass is 9.88. The van der Waals surface area contributed by atoms with Gasteiger partial charge in [0.1, 0.15) is 5.75 Å². The molecule has 0 radical (unpaired) electrons. The van der Waals surface area contributed by atoms with Crippen molar-refractivity contribution in [3.63, 3.8) is 0 Å². The summed E-state index contributed by atoms with van der Waals surface area (Å²) in [7, 11) is 3.04. The Balaban J connectivity index is 1.29. The molecule has 4 aromatic rings. The van der Waals surface area contributed by atoms with Crippen molar-refractivity contribution in [1.82, 2.24) is 10.3 Å². The van der Waals surface area contributed by atoms with Gasteiger partial charge in [0.25, 0.3) is 0 Å². The number of halogens is 1. The molecular formula is C29H26FN3O5. The number of aromatic nitrogens is 1. The van der Waals surface area contributed by atoms with E-state index in [0.29, 0.717) is 28.2 Å². The van der Waals surface area contributed by atoms with Crippen molar-refractivity contribution < 1.29 is 28.2 Å². The van der Waals surface area contributed by atoms with E-state index >= 15 is 0 Å². The van der Waals surface area contributed by atoms with E-state index < -0.39 is 17.6 Å². The summed E-state index contributed by atoms with van der Waals surface area (Å²) in [4.78, 5) is 29.4. The van der Waals surface area contributed by atoms with Crippen molar-refractivity contribution in [1.29, 1.82) is 0 Å². The molecule has 3 aromatic carbocycles. The number of hydrogen-bond donors (Lipinski definition) is 2. The maximum Gasteiger partial charge on any atom is 0.313 e. The van der Waals surface area contributed by atoms with Crippen LogP contribution in [0.4, 0.5) is 10.1 Å². The maximum absolute atomic E-state index is 15.0. The molecule has 2 N–H and O–H groups in total. The van der Waals surface area contributed by atoms with E-state index in [1.807, 2.05) is 24.3 Å². The second-order valence-electron chi connectivity index (χ2n) is 8.85. The van der Waals surface area contributed by atoms with Gasteiger partial charge in [-0.25, -0.2) is 4.39 Å². The lowest BCUT2D eigenvalue weighted by Crippen LogP contribution is -2.38. The third-order valence-corrected chi connectivity index (χ3v) is 6.50. The lowest BCUT2D eigenvalue weighted by molar-refractivity contribution is -0.136. The minimum Gasteiger partial charge on any atom is -0.493 e. The maximum atomic E-state index is 15.0. The van der Waals surface area contributed by atoms with E-state index in [2.05, 4.69) is 15.6 Å². The van der Waals surface area contributed by atoms with Gasteiger partial charge in [0.05, 0.1) is 25.8 Å². The highest BCUT2D eigenvalue weighted by molar-refractivity contribution is 6.39. The molecule has 1 aliphatic rings. The molecule has 1 aliphatic carbocycles. The van der Waals surface area contributed by atoms with Crippen molar-refractivity contribution >= 4 is 28.4 Å². The molecule has 0 saturated carbocycles. The fourth-order valence-electron chi connectivity index (χ4n) is 4.63. The number of nitrogens with one attached hydrogen (secondary N) is 2. The fourth-order valence-corrected chi connectivity index (χ4v) is 4.63. The third kappa shape index (κ3) is 5.08. The van der Waals surface area contributed by atoms with Crippen molar-refractivity contribution in [3.05, 3.63) is 83.8 Å². The Morgan fingerprint density at radius 1 is 0.921 bits per heavy atom. The van der Waals surface area contributed by atoms with Crippen molar-refractivity contribution in [2.45, 2.75) is 25.3 Å². The highest BCUT2D eigenvalue weighted by Crippen LogP contribution is 2.37. The second-order valence-corrected chi connectivity index (χ2v) is 8.85. The van der Waals surface area contributed by atoms with Crippen LogP contribution < -0.4 is 24.8 Å². The van der Waals surface area contributed by atoms with Crippen LogP contribution in [-0.4, -0.2) is 31.0 Å². The number of nitrogens with zero attached hydrogens (tertiary/aromatic N) is 1. The number of rotatable bonds is 6. The van der Waals surface area contributed by atoms with Gasteiger partial charge in [0.2, 0.25) is 0 Å². The minimum atomic E-state index is -0.873. The zero-order chi connectivity index (χ0) is 26.6. The van der Waals surface area contributed by atoms with E-state index in [0.717, 1.165) is 30.9 Å². The Morgan fingerprint density at radius 2 is 1.71 bits per heavy atom. The van der Waals surface area contributed by atoms with Crippen LogP contribution in [-0.2, 0) is 16.0 Å². The number of methoxy groups -OCH3 is 2. The molecule has 8 nitrogen and oxygen atoms in total. The smallest absolute Gasteiger partial charge is 0.313 e. The Morgan fingerprint density at radius 3 is 2.50 bits per heavy atom. The number of anilines is 1. The third-order valence-electron chi connectivity index (χ3n) is 6.50. The average molecular weight is 516 g/mol. The Bertz CT molecular complexity index is 1520. The molecule has 1 unspecified atom stereocenters. The summed E-state index contributed by atoms with van der Waals surface area (Å²) < 4.78 is 31.5. The molecule has 1 atom stereocenters. The number of ether oxygens (including phenoxy) is 3. The van der Waals surface area contributed by atoms with Crippen LogP contribution in [0.1, 0.15) is 30.0 Å².